The molecule has 2 saturated carbocycles. The molecular formula is C39H54N6O8S. The second-order valence-corrected chi connectivity index (χ2v) is 19.1. The molecule has 1 unspecified atom stereocenters. The van der Waals surface area contributed by atoms with Crippen LogP contribution in [0.5, 0.6) is 11.6 Å². The van der Waals surface area contributed by atoms with Crippen LogP contribution in [-0.4, -0.2) is 89.6 Å². The molecule has 2 aliphatic carbocycles. The summed E-state index contributed by atoms with van der Waals surface area (Å²) in [4.78, 5) is 62.3. The molecule has 1 saturated heterocycles. The number of ether oxygens (including phenoxy) is 2. The lowest BCUT2D eigenvalue weighted by molar-refractivity contribution is -0.142. The molecule has 7 atom stereocenters. The molecule has 3 fully saturated rings. The van der Waals surface area contributed by atoms with Crippen LogP contribution in [0.4, 0.5) is 4.79 Å². The van der Waals surface area contributed by atoms with Crippen LogP contribution < -0.4 is 30.1 Å². The molecule has 0 radical (unpaired) electrons. The summed E-state index contributed by atoms with van der Waals surface area (Å²) >= 11 is 0. The van der Waals surface area contributed by atoms with Crippen molar-refractivity contribution in [3.8, 4) is 11.6 Å². The van der Waals surface area contributed by atoms with E-state index in [1.165, 1.54) is 11.1 Å². The number of hydrogen-bond donors (Lipinski definition) is 4. The maximum absolute atomic E-state index is 14.8. The van der Waals surface area contributed by atoms with Gasteiger partial charge in [0.25, 0.3) is 5.91 Å². The number of methoxy groups -OCH3 is 1. The summed E-state index contributed by atoms with van der Waals surface area (Å²) in [6, 6.07) is 4.00. The number of rotatable bonds is 7. The van der Waals surface area contributed by atoms with Crippen molar-refractivity contribution in [3.63, 3.8) is 0 Å². The van der Waals surface area contributed by atoms with Gasteiger partial charge in [-0.3, -0.25) is 19.1 Å². The van der Waals surface area contributed by atoms with Crippen molar-refractivity contribution in [2.24, 2.45) is 17.8 Å². The van der Waals surface area contributed by atoms with Crippen LogP contribution in [0.15, 0.2) is 42.6 Å². The molecule has 2 aromatic rings. The predicted octanol–water partition coefficient (Wildman–Crippen LogP) is 3.94. The van der Waals surface area contributed by atoms with Gasteiger partial charge in [0, 0.05) is 28.7 Å². The lowest BCUT2D eigenvalue weighted by atomic mass is 9.88. The second kappa shape index (κ2) is 14.7. The molecule has 14 nitrogen and oxygen atoms in total. The van der Waals surface area contributed by atoms with E-state index in [1.54, 1.807) is 31.2 Å². The lowest BCUT2D eigenvalue weighted by Gasteiger charge is -2.33. The van der Waals surface area contributed by atoms with E-state index in [4.69, 9.17) is 13.6 Å². The van der Waals surface area contributed by atoms with Gasteiger partial charge in [0.1, 0.15) is 29.5 Å². The molecule has 4 aliphatic rings. The molecule has 1 aromatic carbocycles. The molecular weight excluding hydrogens is 713 g/mol. The number of nitrogens with zero attached hydrogens (tertiary/aromatic N) is 2. The quantitative estimate of drug-likeness (QED) is 0.303. The zero-order valence-corrected chi connectivity index (χ0v) is 32.5. The van der Waals surface area contributed by atoms with E-state index < -0.39 is 80.7 Å². The van der Waals surface area contributed by atoms with Crippen LogP contribution in [0.3, 0.4) is 0 Å². The van der Waals surface area contributed by atoms with E-state index in [9.17, 15) is 27.6 Å². The Bertz CT molecular complexity index is 2050. The van der Waals surface area contributed by atoms with Crippen molar-refractivity contribution < 1.29 is 41.2 Å². The Kier molecular flexibility index (Phi) is 9.60. The highest BCUT2D eigenvalue weighted by molar-refractivity contribution is 7.91. The van der Waals surface area contributed by atoms with Crippen molar-refractivity contribution in [2.75, 3.05) is 13.6 Å². The van der Waals surface area contributed by atoms with Gasteiger partial charge in [-0.25, -0.2) is 18.2 Å². The first kappa shape index (κ1) is 35.3. The summed E-state index contributed by atoms with van der Waals surface area (Å²) < 4.78 is 61.9. The summed E-state index contributed by atoms with van der Waals surface area (Å²) in [6.45, 7) is 10.9. The molecule has 2 aliphatic heterocycles. The van der Waals surface area contributed by atoms with Crippen LogP contribution in [0.25, 0.3) is 10.8 Å². The van der Waals surface area contributed by atoms with Crippen LogP contribution in [-0.2, 0) is 24.4 Å². The average molecular weight is 770 g/mol. The molecule has 4 N–H and O–H groups in total. The van der Waals surface area contributed by atoms with E-state index in [1.807, 2.05) is 39.8 Å². The number of amides is 5. The standard InChI is InChI=1S/C39H54N6O8S/c1-23-12-8-9-13-25-20-39(25,35(48)44-54(50,51)38(6)16-17-38)42-32(46)29-19-26(53-33-28-15-11-10-14-27(28)30(52-7)21-40-33)22-45(29)34(47)31(24(2)18-23)41-36(49)43-37(3,4)5/h9-11,13-15,21,23-26,29,31H,8,12,16-20,22H2,1-7H3,(H,42,46)(H,44,48)(H2,41,43,49)/b13-9-/t23-,24+,25+,26+,29-,31-,39?/m0/s1/i7D3. The summed E-state index contributed by atoms with van der Waals surface area (Å²) in [6.07, 6.45) is 7.16. The van der Waals surface area contributed by atoms with E-state index in [0.717, 1.165) is 6.42 Å². The minimum Gasteiger partial charge on any atom is -0.494 e. The summed E-state index contributed by atoms with van der Waals surface area (Å²) in [5, 5.41) is 9.48. The van der Waals surface area contributed by atoms with E-state index in [0.29, 0.717) is 36.5 Å². The van der Waals surface area contributed by atoms with Crippen molar-refractivity contribution >= 4 is 44.5 Å². The Hall–Kier alpha value is -4.40. The normalized spacial score (nSPS) is 31.4. The fourth-order valence-corrected chi connectivity index (χ4v) is 8.90. The van der Waals surface area contributed by atoms with Gasteiger partial charge in [0.05, 0.1) is 28.6 Å². The third-order valence-electron chi connectivity index (χ3n) is 11.1. The Morgan fingerprint density at radius 2 is 1.83 bits per heavy atom. The third kappa shape index (κ3) is 8.15. The monoisotopic (exact) mass is 769 g/mol. The SMILES string of the molecule is [2H]C([2H])([2H])Oc1cnc(O[C@@H]2C[C@H]3C(=O)NC4(C(=O)NS(=O)(=O)C5(C)CC5)C[C@H]4/C=C\CC[C@H](C)C[C@@H](C)[C@H](NC(=O)NC(C)(C)C)C(=O)N3C2)c2ccccc12. The molecule has 0 bridgehead atoms. The van der Waals surface area contributed by atoms with Crippen LogP contribution in [0.2, 0.25) is 0 Å². The van der Waals surface area contributed by atoms with E-state index in [-0.39, 0.29) is 42.9 Å². The molecule has 54 heavy (non-hydrogen) atoms. The number of hydrogen-bond acceptors (Lipinski definition) is 9. The molecule has 294 valence electrons. The van der Waals surface area contributed by atoms with Crippen LogP contribution in [0, 0.1) is 17.8 Å². The average Bonchev–Trinajstić information content (AvgIpc) is 3.98. The van der Waals surface area contributed by atoms with Gasteiger partial charge in [-0.2, -0.15) is 0 Å². The molecule has 3 heterocycles. The van der Waals surface area contributed by atoms with E-state index >= 15 is 0 Å². The van der Waals surface area contributed by atoms with Gasteiger partial charge < -0.3 is 30.3 Å². The van der Waals surface area contributed by atoms with Gasteiger partial charge in [-0.05, 0) is 84.1 Å². The lowest BCUT2D eigenvalue weighted by Crippen LogP contribution is -2.60. The summed E-state index contributed by atoms with van der Waals surface area (Å²) in [7, 11) is -6.76. The number of fused-ring (bicyclic) bond motifs is 3. The highest BCUT2D eigenvalue weighted by Crippen LogP contribution is 2.47. The van der Waals surface area contributed by atoms with Crippen LogP contribution >= 0.6 is 0 Å². The number of allylic oxidation sites excluding steroid dienone is 1. The van der Waals surface area contributed by atoms with Crippen LogP contribution in [0.1, 0.15) is 90.6 Å². The number of sulfonamides is 1. The topological polar surface area (TPSA) is 185 Å². The molecule has 5 amide bonds. The Morgan fingerprint density at radius 3 is 2.52 bits per heavy atom. The number of urea groups is 1. The zero-order valence-electron chi connectivity index (χ0n) is 34.7. The molecule has 0 spiro atoms. The number of carbonyl (C=O) groups excluding carboxylic acids is 4. The second-order valence-electron chi connectivity index (χ2n) is 16.9. The van der Waals surface area contributed by atoms with Gasteiger partial charge in [0.2, 0.25) is 27.7 Å². The largest absolute Gasteiger partial charge is 0.494 e. The number of pyridine rings is 1. The number of aromatic nitrogens is 1. The van der Waals surface area contributed by atoms with Gasteiger partial charge in [-0.1, -0.05) is 44.2 Å². The van der Waals surface area contributed by atoms with Crippen molar-refractivity contribution in [1.82, 2.24) is 30.6 Å². The number of nitrogens with one attached hydrogen (secondary N) is 4. The fourth-order valence-electron chi connectivity index (χ4n) is 7.59. The zero-order chi connectivity index (χ0) is 41.7. The summed E-state index contributed by atoms with van der Waals surface area (Å²) in [5.41, 5.74) is -2.18. The molecule has 15 heteroatoms. The predicted molar refractivity (Wildman–Crippen MR) is 203 cm³/mol. The maximum Gasteiger partial charge on any atom is 0.315 e. The van der Waals surface area contributed by atoms with Gasteiger partial charge in [0.15, 0.2) is 0 Å². The Labute approximate surface area is 321 Å². The van der Waals surface area contributed by atoms with Crippen molar-refractivity contribution in [3.05, 3.63) is 42.6 Å². The highest BCUT2D eigenvalue weighted by atomic mass is 32.2. The highest BCUT2D eigenvalue weighted by Gasteiger charge is 2.63. The third-order valence-corrected chi connectivity index (χ3v) is 13.3. The smallest absolute Gasteiger partial charge is 0.315 e. The maximum atomic E-state index is 14.8. The fraction of sp³-hybridized carbons (Fsp3) is 0.615. The first-order valence-corrected chi connectivity index (χ1v) is 20.2. The van der Waals surface area contributed by atoms with E-state index in [2.05, 4.69) is 32.6 Å². The van der Waals surface area contributed by atoms with Gasteiger partial charge >= 0.3 is 6.03 Å². The molecule has 1 aromatic heterocycles. The first-order valence-electron chi connectivity index (χ1n) is 20.2. The minimum absolute atomic E-state index is 0.0200. The molecule has 6 rings (SSSR count). The number of benzene rings is 1. The van der Waals surface area contributed by atoms with Crippen molar-refractivity contribution in [2.45, 2.75) is 121 Å². The van der Waals surface area contributed by atoms with Crippen molar-refractivity contribution in [1.29, 1.82) is 0 Å². The van der Waals surface area contributed by atoms with Gasteiger partial charge in [-0.15, -0.1) is 0 Å². The summed E-state index contributed by atoms with van der Waals surface area (Å²) in [5.74, 6) is -2.60. The number of carbonyl (C=O) groups is 4. The Balaban J connectivity index is 1.35. The first-order chi connectivity index (χ1) is 26.5. The Morgan fingerprint density at radius 1 is 1.11 bits per heavy atom. The minimum atomic E-state index is -4.03.